The van der Waals surface area contributed by atoms with Gasteiger partial charge >= 0.3 is 6.09 Å². The van der Waals surface area contributed by atoms with Crippen molar-refractivity contribution in [3.05, 3.63) is 47.7 Å². The predicted octanol–water partition coefficient (Wildman–Crippen LogP) is 3.48. The molecular formula is C20H28N4O3. The molecule has 1 aromatic carbocycles. The molecule has 0 saturated carbocycles. The molecule has 146 valence electrons. The summed E-state index contributed by atoms with van der Waals surface area (Å²) in [6.07, 6.45) is 0.349. The first-order valence-electron chi connectivity index (χ1n) is 9.08. The highest BCUT2D eigenvalue weighted by atomic mass is 16.6. The summed E-state index contributed by atoms with van der Waals surface area (Å²) >= 11 is 0. The molecule has 7 nitrogen and oxygen atoms in total. The van der Waals surface area contributed by atoms with E-state index in [0.717, 1.165) is 11.3 Å². The van der Waals surface area contributed by atoms with Crippen molar-refractivity contribution in [3.8, 4) is 0 Å². The molecule has 0 aliphatic heterocycles. The minimum Gasteiger partial charge on any atom is -0.444 e. The Kier molecular flexibility index (Phi) is 6.98. The summed E-state index contributed by atoms with van der Waals surface area (Å²) in [5, 5.41) is 9.98. The maximum absolute atomic E-state index is 12.2. The Morgan fingerprint density at radius 2 is 1.89 bits per heavy atom. The van der Waals surface area contributed by atoms with Crippen LogP contribution in [0.15, 0.2) is 36.4 Å². The van der Waals surface area contributed by atoms with Crippen molar-refractivity contribution in [1.29, 1.82) is 0 Å². The van der Waals surface area contributed by atoms with Crippen LogP contribution in [0.2, 0.25) is 0 Å². The molecular weight excluding hydrogens is 344 g/mol. The van der Waals surface area contributed by atoms with Gasteiger partial charge in [0, 0.05) is 19.0 Å². The molecule has 0 radical (unpaired) electrons. The first-order valence-corrected chi connectivity index (χ1v) is 9.08. The standard InChI is InChI=1S/C20H28N4O3/c1-15-13-17(24(23-15)14-16-9-6-5-7-10-16)22-18(25)11-8-12-21-19(26)27-20(2,3)4/h5-7,9-10,13H,8,11-12,14H2,1-4H3,(H,21,26)(H,22,25). The van der Waals surface area contributed by atoms with Gasteiger partial charge in [0.1, 0.15) is 11.4 Å². The van der Waals surface area contributed by atoms with Crippen molar-refractivity contribution in [1.82, 2.24) is 15.1 Å². The number of rotatable bonds is 7. The molecule has 2 N–H and O–H groups in total. The van der Waals surface area contributed by atoms with Crippen molar-refractivity contribution >= 4 is 17.8 Å². The molecule has 0 atom stereocenters. The second kappa shape index (κ2) is 9.21. The van der Waals surface area contributed by atoms with Crippen LogP contribution in [0.25, 0.3) is 0 Å². The third-order valence-corrected chi connectivity index (χ3v) is 3.59. The lowest BCUT2D eigenvalue weighted by Gasteiger charge is -2.19. The van der Waals surface area contributed by atoms with Gasteiger partial charge in [-0.05, 0) is 39.7 Å². The Labute approximate surface area is 160 Å². The number of aromatic nitrogens is 2. The van der Waals surface area contributed by atoms with E-state index in [1.54, 1.807) is 25.5 Å². The summed E-state index contributed by atoms with van der Waals surface area (Å²) in [7, 11) is 0. The molecule has 7 heteroatoms. The van der Waals surface area contributed by atoms with Crippen molar-refractivity contribution in [2.24, 2.45) is 0 Å². The van der Waals surface area contributed by atoms with E-state index in [1.807, 2.05) is 43.3 Å². The van der Waals surface area contributed by atoms with Crippen LogP contribution < -0.4 is 10.6 Å². The number of aryl methyl sites for hydroxylation is 1. The molecule has 0 aliphatic carbocycles. The van der Waals surface area contributed by atoms with Crippen molar-refractivity contribution in [2.45, 2.75) is 52.7 Å². The average Bonchev–Trinajstić information content (AvgIpc) is 2.90. The second-order valence-electron chi connectivity index (χ2n) is 7.39. The molecule has 0 unspecified atom stereocenters. The van der Waals surface area contributed by atoms with Crippen molar-refractivity contribution < 1.29 is 14.3 Å². The third kappa shape index (κ3) is 7.52. The molecule has 1 aromatic heterocycles. The van der Waals surface area contributed by atoms with E-state index in [0.29, 0.717) is 31.7 Å². The fourth-order valence-corrected chi connectivity index (χ4v) is 2.48. The summed E-state index contributed by atoms with van der Waals surface area (Å²) in [6.45, 7) is 8.28. The van der Waals surface area contributed by atoms with Gasteiger partial charge in [-0.15, -0.1) is 0 Å². The minimum atomic E-state index is -0.531. The molecule has 0 spiro atoms. The summed E-state index contributed by atoms with van der Waals surface area (Å²) < 4.78 is 6.93. The first kappa shape index (κ1) is 20.5. The number of hydrogen-bond donors (Lipinski definition) is 2. The van der Waals surface area contributed by atoms with Gasteiger partial charge in [0.15, 0.2) is 0 Å². The molecule has 27 heavy (non-hydrogen) atoms. The molecule has 0 bridgehead atoms. The largest absolute Gasteiger partial charge is 0.444 e. The van der Waals surface area contributed by atoms with Gasteiger partial charge in [-0.25, -0.2) is 9.48 Å². The second-order valence-corrected chi connectivity index (χ2v) is 7.39. The quantitative estimate of drug-likeness (QED) is 0.729. The van der Waals surface area contributed by atoms with Crippen molar-refractivity contribution in [3.63, 3.8) is 0 Å². The molecule has 1 heterocycles. The van der Waals surface area contributed by atoms with Crippen LogP contribution in [0, 0.1) is 6.92 Å². The third-order valence-electron chi connectivity index (χ3n) is 3.59. The van der Waals surface area contributed by atoms with Crippen LogP contribution in [0.3, 0.4) is 0 Å². The molecule has 0 saturated heterocycles. The number of alkyl carbamates (subject to hydrolysis) is 1. The molecule has 2 amide bonds. The van der Waals surface area contributed by atoms with Gasteiger partial charge in [-0.3, -0.25) is 4.79 Å². The topological polar surface area (TPSA) is 85.3 Å². The summed E-state index contributed by atoms with van der Waals surface area (Å²) in [5.74, 6) is 0.552. The Morgan fingerprint density at radius 3 is 2.56 bits per heavy atom. The van der Waals surface area contributed by atoms with Gasteiger partial charge in [0.25, 0.3) is 0 Å². The van der Waals surface area contributed by atoms with E-state index in [4.69, 9.17) is 4.74 Å². The molecule has 2 aromatic rings. The molecule has 0 fully saturated rings. The number of carbonyl (C=O) groups is 2. The number of carbonyl (C=O) groups excluding carboxylic acids is 2. The number of hydrogen-bond acceptors (Lipinski definition) is 4. The Morgan fingerprint density at radius 1 is 1.19 bits per heavy atom. The van der Waals surface area contributed by atoms with Gasteiger partial charge in [-0.1, -0.05) is 30.3 Å². The maximum atomic E-state index is 12.2. The van der Waals surface area contributed by atoms with Crippen LogP contribution in [0.1, 0.15) is 44.9 Å². The minimum absolute atomic E-state index is 0.116. The number of amides is 2. The zero-order valence-corrected chi connectivity index (χ0v) is 16.4. The van der Waals surface area contributed by atoms with E-state index in [9.17, 15) is 9.59 Å². The van der Waals surface area contributed by atoms with E-state index >= 15 is 0 Å². The van der Waals surface area contributed by atoms with Gasteiger partial charge in [0.2, 0.25) is 5.91 Å². The zero-order valence-electron chi connectivity index (χ0n) is 16.4. The van der Waals surface area contributed by atoms with Crippen LogP contribution in [-0.2, 0) is 16.1 Å². The lowest BCUT2D eigenvalue weighted by atomic mass is 10.2. The van der Waals surface area contributed by atoms with Gasteiger partial charge in [0.05, 0.1) is 12.2 Å². The average molecular weight is 372 g/mol. The van der Waals surface area contributed by atoms with Crippen LogP contribution >= 0.6 is 0 Å². The van der Waals surface area contributed by atoms with Crippen LogP contribution in [-0.4, -0.2) is 33.9 Å². The first-order chi connectivity index (χ1) is 12.7. The zero-order chi connectivity index (χ0) is 19.9. The Hall–Kier alpha value is -2.83. The smallest absolute Gasteiger partial charge is 0.407 e. The number of nitrogens with one attached hydrogen (secondary N) is 2. The van der Waals surface area contributed by atoms with E-state index in [1.165, 1.54) is 0 Å². The highest BCUT2D eigenvalue weighted by Crippen LogP contribution is 2.13. The number of ether oxygens (including phenoxy) is 1. The fraction of sp³-hybridized carbons (Fsp3) is 0.450. The van der Waals surface area contributed by atoms with Crippen molar-refractivity contribution in [2.75, 3.05) is 11.9 Å². The highest BCUT2D eigenvalue weighted by Gasteiger charge is 2.15. The van der Waals surface area contributed by atoms with E-state index < -0.39 is 11.7 Å². The Balaban J connectivity index is 1.80. The normalized spacial score (nSPS) is 11.1. The van der Waals surface area contributed by atoms with E-state index in [2.05, 4.69) is 15.7 Å². The summed E-state index contributed by atoms with van der Waals surface area (Å²) in [5.41, 5.74) is 1.42. The Bertz CT molecular complexity index is 763. The summed E-state index contributed by atoms with van der Waals surface area (Å²) in [4.78, 5) is 23.8. The van der Waals surface area contributed by atoms with Gasteiger partial charge < -0.3 is 15.4 Å². The maximum Gasteiger partial charge on any atom is 0.407 e. The lowest BCUT2D eigenvalue weighted by Crippen LogP contribution is -2.33. The van der Waals surface area contributed by atoms with Crippen LogP contribution in [0.4, 0.5) is 10.6 Å². The number of anilines is 1. The van der Waals surface area contributed by atoms with Crippen LogP contribution in [0.5, 0.6) is 0 Å². The lowest BCUT2D eigenvalue weighted by molar-refractivity contribution is -0.116. The monoisotopic (exact) mass is 372 g/mol. The highest BCUT2D eigenvalue weighted by molar-refractivity contribution is 5.89. The van der Waals surface area contributed by atoms with Gasteiger partial charge in [-0.2, -0.15) is 5.10 Å². The SMILES string of the molecule is Cc1cc(NC(=O)CCCNC(=O)OC(C)(C)C)n(Cc2ccccc2)n1. The molecule has 2 rings (SSSR count). The van der Waals surface area contributed by atoms with E-state index in [-0.39, 0.29) is 5.91 Å². The summed E-state index contributed by atoms with van der Waals surface area (Å²) in [6, 6.07) is 11.8. The molecule has 0 aliphatic rings. The number of benzene rings is 1. The number of nitrogens with zero attached hydrogens (tertiary/aromatic N) is 2. The predicted molar refractivity (Wildman–Crippen MR) is 105 cm³/mol. The fourth-order valence-electron chi connectivity index (χ4n) is 2.48.